The van der Waals surface area contributed by atoms with Crippen molar-refractivity contribution in [2.24, 2.45) is 5.73 Å². The molecular weight excluding hydrogens is 392 g/mol. The number of carbonyl (C=O) groups is 2. The quantitative estimate of drug-likeness (QED) is 0.663. The van der Waals surface area contributed by atoms with Crippen molar-refractivity contribution in [3.8, 4) is 5.75 Å². The van der Waals surface area contributed by atoms with Crippen LogP contribution in [0.2, 0.25) is 0 Å². The van der Waals surface area contributed by atoms with E-state index in [1.807, 2.05) is 24.3 Å². The zero-order valence-electron chi connectivity index (χ0n) is 15.5. The third kappa shape index (κ3) is 5.54. The van der Waals surface area contributed by atoms with E-state index in [0.29, 0.717) is 32.2 Å². The Balaban J connectivity index is 0.00000280. The monoisotopic (exact) mass is 417 g/mol. The molecule has 0 aromatic heterocycles. The maximum Gasteiger partial charge on any atom is 0.267 e. The summed E-state index contributed by atoms with van der Waals surface area (Å²) in [5, 5.41) is 2.83. The SMILES string of the molecule is Cl.N[C@@H](CCCCNC(=O)C1Cc2ccccc2O1)C(=O)N1CCC(F)(F)C1. The summed E-state index contributed by atoms with van der Waals surface area (Å²) in [5.41, 5.74) is 6.86. The minimum atomic E-state index is -2.80. The summed E-state index contributed by atoms with van der Waals surface area (Å²) in [5.74, 6) is -2.64. The topological polar surface area (TPSA) is 84.7 Å². The van der Waals surface area contributed by atoms with Gasteiger partial charge in [-0.3, -0.25) is 9.59 Å². The molecule has 2 amide bonds. The molecule has 9 heteroatoms. The highest BCUT2D eigenvalue weighted by Gasteiger charge is 2.41. The summed E-state index contributed by atoms with van der Waals surface area (Å²) in [6.07, 6.45) is 1.43. The van der Waals surface area contributed by atoms with Gasteiger partial charge in [0.05, 0.1) is 12.6 Å². The Kier molecular flexibility index (Phi) is 7.60. The fraction of sp³-hybridized carbons (Fsp3) is 0.579. The predicted octanol–water partition coefficient (Wildman–Crippen LogP) is 1.89. The number of nitrogens with one attached hydrogen (secondary N) is 1. The van der Waals surface area contributed by atoms with Crippen LogP contribution in [0.1, 0.15) is 31.2 Å². The fourth-order valence-corrected chi connectivity index (χ4v) is 3.42. The molecule has 1 aromatic carbocycles. The third-order valence-corrected chi connectivity index (χ3v) is 4.98. The van der Waals surface area contributed by atoms with Crippen LogP contribution in [-0.2, 0) is 16.0 Å². The number of benzene rings is 1. The second-order valence-electron chi connectivity index (χ2n) is 7.18. The summed E-state index contributed by atoms with van der Waals surface area (Å²) in [6.45, 7) is -0.0313. The van der Waals surface area contributed by atoms with E-state index >= 15 is 0 Å². The first kappa shape index (κ1) is 22.4. The Morgan fingerprint density at radius 2 is 2.07 bits per heavy atom. The minimum Gasteiger partial charge on any atom is -0.480 e. The Bertz CT molecular complexity index is 680. The van der Waals surface area contributed by atoms with Gasteiger partial charge in [0, 0.05) is 25.9 Å². The van der Waals surface area contributed by atoms with E-state index in [-0.39, 0.29) is 31.3 Å². The van der Waals surface area contributed by atoms with Gasteiger partial charge in [-0.25, -0.2) is 8.78 Å². The maximum absolute atomic E-state index is 13.2. The second kappa shape index (κ2) is 9.52. The van der Waals surface area contributed by atoms with Crippen molar-refractivity contribution in [3.05, 3.63) is 29.8 Å². The van der Waals surface area contributed by atoms with Crippen molar-refractivity contribution in [1.82, 2.24) is 10.2 Å². The van der Waals surface area contributed by atoms with Crippen LogP contribution >= 0.6 is 12.4 Å². The van der Waals surface area contributed by atoms with E-state index in [1.54, 1.807) is 0 Å². The highest BCUT2D eigenvalue weighted by Crippen LogP contribution is 2.28. The highest BCUT2D eigenvalue weighted by molar-refractivity contribution is 5.85. The van der Waals surface area contributed by atoms with E-state index in [2.05, 4.69) is 5.32 Å². The fourth-order valence-electron chi connectivity index (χ4n) is 3.42. The number of likely N-dealkylation sites (tertiary alicyclic amines) is 1. The second-order valence-corrected chi connectivity index (χ2v) is 7.18. The summed E-state index contributed by atoms with van der Waals surface area (Å²) in [4.78, 5) is 25.4. The highest BCUT2D eigenvalue weighted by atomic mass is 35.5. The smallest absolute Gasteiger partial charge is 0.267 e. The summed E-state index contributed by atoms with van der Waals surface area (Å²) in [6, 6.07) is 6.79. The molecule has 1 unspecified atom stereocenters. The molecule has 0 bridgehead atoms. The van der Waals surface area contributed by atoms with Crippen LogP contribution in [0.3, 0.4) is 0 Å². The van der Waals surface area contributed by atoms with E-state index < -0.39 is 30.5 Å². The summed E-state index contributed by atoms with van der Waals surface area (Å²) >= 11 is 0. The minimum absolute atomic E-state index is 0. The van der Waals surface area contributed by atoms with Gasteiger partial charge in [0.25, 0.3) is 11.8 Å². The third-order valence-electron chi connectivity index (χ3n) is 4.98. The lowest BCUT2D eigenvalue weighted by Crippen LogP contribution is -2.43. The molecule has 28 heavy (non-hydrogen) atoms. The van der Waals surface area contributed by atoms with Crippen LogP contribution in [0.15, 0.2) is 24.3 Å². The number of nitrogens with two attached hydrogens (primary N) is 1. The Labute approximate surface area is 169 Å². The van der Waals surface area contributed by atoms with Crippen LogP contribution in [-0.4, -0.2) is 54.4 Å². The summed E-state index contributed by atoms with van der Waals surface area (Å²) in [7, 11) is 0. The zero-order chi connectivity index (χ0) is 19.4. The molecule has 1 aromatic rings. The van der Waals surface area contributed by atoms with Crippen LogP contribution in [0, 0.1) is 0 Å². The summed E-state index contributed by atoms with van der Waals surface area (Å²) < 4.78 is 32.0. The van der Waals surface area contributed by atoms with Crippen LogP contribution in [0.25, 0.3) is 0 Å². The van der Waals surface area contributed by atoms with Gasteiger partial charge in [-0.2, -0.15) is 0 Å². The normalized spacial score (nSPS) is 20.7. The van der Waals surface area contributed by atoms with Gasteiger partial charge in [-0.1, -0.05) is 18.2 Å². The first-order valence-electron chi connectivity index (χ1n) is 9.30. The van der Waals surface area contributed by atoms with Gasteiger partial charge in [0.1, 0.15) is 5.75 Å². The first-order chi connectivity index (χ1) is 12.9. The van der Waals surface area contributed by atoms with Crippen molar-refractivity contribution in [2.75, 3.05) is 19.6 Å². The molecule has 2 aliphatic heterocycles. The number of hydrogen-bond donors (Lipinski definition) is 2. The molecule has 1 fully saturated rings. The Hall–Kier alpha value is -1.93. The average Bonchev–Trinajstić information content (AvgIpc) is 3.23. The molecule has 6 nitrogen and oxygen atoms in total. The number of fused-ring (bicyclic) bond motifs is 1. The number of para-hydroxylation sites is 1. The van der Waals surface area contributed by atoms with Crippen molar-refractivity contribution in [1.29, 1.82) is 0 Å². The number of hydrogen-bond acceptors (Lipinski definition) is 4. The number of carbonyl (C=O) groups excluding carboxylic acids is 2. The largest absolute Gasteiger partial charge is 0.480 e. The Morgan fingerprint density at radius 3 is 2.75 bits per heavy atom. The van der Waals surface area contributed by atoms with Crippen LogP contribution in [0.4, 0.5) is 8.78 Å². The van der Waals surface area contributed by atoms with Gasteiger partial charge in [-0.05, 0) is 30.9 Å². The number of nitrogens with zero attached hydrogens (tertiary/aromatic N) is 1. The molecule has 156 valence electrons. The van der Waals surface area contributed by atoms with E-state index in [0.717, 1.165) is 16.2 Å². The molecule has 2 atom stereocenters. The lowest BCUT2D eigenvalue weighted by Gasteiger charge is -2.20. The van der Waals surface area contributed by atoms with Crippen LogP contribution in [0.5, 0.6) is 5.75 Å². The van der Waals surface area contributed by atoms with Crippen LogP contribution < -0.4 is 15.8 Å². The number of rotatable bonds is 7. The molecule has 3 N–H and O–H groups in total. The molecule has 2 heterocycles. The van der Waals surface area contributed by atoms with Gasteiger partial charge in [0.15, 0.2) is 6.10 Å². The van der Waals surface area contributed by atoms with Gasteiger partial charge in [-0.15, -0.1) is 12.4 Å². The number of unbranched alkanes of at least 4 members (excludes halogenated alkanes) is 1. The molecule has 0 spiro atoms. The van der Waals surface area contributed by atoms with Crippen molar-refractivity contribution in [2.45, 2.75) is 50.2 Å². The molecule has 0 aliphatic carbocycles. The molecule has 1 saturated heterocycles. The van der Waals surface area contributed by atoms with E-state index in [9.17, 15) is 18.4 Å². The van der Waals surface area contributed by atoms with Gasteiger partial charge < -0.3 is 20.7 Å². The zero-order valence-corrected chi connectivity index (χ0v) is 16.4. The van der Waals surface area contributed by atoms with E-state index in [4.69, 9.17) is 10.5 Å². The molecule has 0 saturated carbocycles. The lowest BCUT2D eigenvalue weighted by atomic mass is 10.1. The number of alkyl halides is 2. The number of ether oxygens (including phenoxy) is 1. The molecule has 2 aliphatic rings. The number of amides is 2. The van der Waals surface area contributed by atoms with Crippen molar-refractivity contribution >= 4 is 24.2 Å². The van der Waals surface area contributed by atoms with Gasteiger partial charge >= 0.3 is 0 Å². The standard InChI is InChI=1S/C19H25F2N3O3.ClH/c20-19(21)8-10-24(12-19)18(26)14(22)6-3-4-9-23-17(25)16-11-13-5-1-2-7-15(13)27-16;/h1-2,5,7,14,16H,3-4,6,8-12,22H2,(H,23,25);1H/t14-,16?;/m0./s1. The molecular formula is C19H26ClF2N3O3. The van der Waals surface area contributed by atoms with Crippen molar-refractivity contribution < 1.29 is 23.1 Å². The molecule has 3 rings (SSSR count). The molecule has 0 radical (unpaired) electrons. The van der Waals surface area contributed by atoms with Gasteiger partial charge in [0.2, 0.25) is 5.91 Å². The number of halogens is 3. The Morgan fingerprint density at radius 1 is 1.32 bits per heavy atom. The van der Waals surface area contributed by atoms with E-state index in [1.165, 1.54) is 0 Å². The first-order valence-corrected chi connectivity index (χ1v) is 9.30. The average molecular weight is 418 g/mol. The van der Waals surface area contributed by atoms with Crippen molar-refractivity contribution in [3.63, 3.8) is 0 Å². The lowest BCUT2D eigenvalue weighted by molar-refractivity contribution is -0.133. The predicted molar refractivity (Wildman–Crippen MR) is 103 cm³/mol. The maximum atomic E-state index is 13.2.